The smallest absolute Gasteiger partial charge is 0.0898 e. The highest BCUT2D eigenvalue weighted by atomic mass is 16.5. The van der Waals surface area contributed by atoms with Crippen LogP contribution in [0.15, 0.2) is 0 Å². The molecule has 0 aromatic heterocycles. The fraction of sp³-hybridized carbons (Fsp3) is 0.846. The molecule has 2 N–H and O–H groups in total. The molecule has 0 heterocycles. The molecule has 16 heavy (non-hydrogen) atoms. The van der Waals surface area contributed by atoms with E-state index in [-0.39, 0.29) is 12.1 Å². The van der Waals surface area contributed by atoms with Gasteiger partial charge in [-0.2, -0.15) is 0 Å². The van der Waals surface area contributed by atoms with Crippen molar-refractivity contribution < 1.29 is 9.84 Å². The Labute approximate surface area is 99.6 Å². The van der Waals surface area contributed by atoms with Gasteiger partial charge < -0.3 is 15.2 Å². The minimum Gasteiger partial charge on any atom is -0.389 e. The molecule has 0 aliphatic rings. The first kappa shape index (κ1) is 15.4. The van der Waals surface area contributed by atoms with E-state index >= 15 is 0 Å². The number of aliphatic hydroxyl groups excluding tert-OH is 1. The van der Waals surface area contributed by atoms with Gasteiger partial charge in [0, 0.05) is 6.54 Å². The number of nitrogens with one attached hydrogen (secondary N) is 1. The summed E-state index contributed by atoms with van der Waals surface area (Å²) in [6, 6.07) is -0.0114. The van der Waals surface area contributed by atoms with Crippen molar-refractivity contribution in [3.8, 4) is 12.3 Å². The van der Waals surface area contributed by atoms with Gasteiger partial charge >= 0.3 is 0 Å². The molecule has 0 amide bonds. The lowest BCUT2D eigenvalue weighted by atomic mass is 10.1. The zero-order valence-corrected chi connectivity index (χ0v) is 10.9. The molecule has 0 aromatic carbocycles. The first-order valence-corrected chi connectivity index (χ1v) is 5.94. The maximum atomic E-state index is 9.62. The zero-order chi connectivity index (χ0) is 12.6. The normalized spacial score (nSPS) is 16.8. The standard InChI is InChI=1S/C13H25NO2/c1-6-11(4)14-8-13(15)9-16-12(5)7-10(2)3/h1,10-15H,7-9H2,2-5H3. The van der Waals surface area contributed by atoms with Crippen molar-refractivity contribution in [3.63, 3.8) is 0 Å². The van der Waals surface area contributed by atoms with Gasteiger partial charge in [0.05, 0.1) is 24.9 Å². The van der Waals surface area contributed by atoms with Crippen LogP contribution in [0.25, 0.3) is 0 Å². The van der Waals surface area contributed by atoms with Crippen molar-refractivity contribution in [2.45, 2.75) is 52.4 Å². The highest BCUT2D eigenvalue weighted by Crippen LogP contribution is 2.07. The van der Waals surface area contributed by atoms with Gasteiger partial charge in [0.1, 0.15) is 0 Å². The molecule has 94 valence electrons. The average Bonchev–Trinajstić information content (AvgIpc) is 2.22. The Bertz CT molecular complexity index is 210. The lowest BCUT2D eigenvalue weighted by molar-refractivity contribution is -0.00872. The first-order valence-electron chi connectivity index (χ1n) is 5.94. The fourth-order valence-electron chi connectivity index (χ4n) is 1.44. The summed E-state index contributed by atoms with van der Waals surface area (Å²) in [7, 11) is 0. The van der Waals surface area contributed by atoms with E-state index in [9.17, 15) is 5.11 Å². The number of hydrogen-bond acceptors (Lipinski definition) is 3. The van der Waals surface area contributed by atoms with Crippen LogP contribution >= 0.6 is 0 Å². The second kappa shape index (κ2) is 8.58. The van der Waals surface area contributed by atoms with Gasteiger partial charge in [-0.3, -0.25) is 0 Å². The Morgan fingerprint density at radius 1 is 1.31 bits per heavy atom. The van der Waals surface area contributed by atoms with E-state index in [1.807, 2.05) is 13.8 Å². The van der Waals surface area contributed by atoms with E-state index in [1.165, 1.54) is 0 Å². The summed E-state index contributed by atoms with van der Waals surface area (Å²) in [5.41, 5.74) is 0. The van der Waals surface area contributed by atoms with Gasteiger partial charge in [-0.15, -0.1) is 6.42 Å². The predicted octanol–water partition coefficient (Wildman–Crippen LogP) is 1.41. The molecule has 0 aliphatic carbocycles. The molecule has 0 rings (SSSR count). The molecule has 0 radical (unpaired) electrons. The lowest BCUT2D eigenvalue weighted by Gasteiger charge is -2.18. The summed E-state index contributed by atoms with van der Waals surface area (Å²) in [5, 5.41) is 12.7. The van der Waals surface area contributed by atoms with Crippen LogP contribution in [-0.2, 0) is 4.74 Å². The number of rotatable bonds is 8. The van der Waals surface area contributed by atoms with Crippen LogP contribution in [0.4, 0.5) is 0 Å². The van der Waals surface area contributed by atoms with Crippen LogP contribution in [0.3, 0.4) is 0 Å². The lowest BCUT2D eigenvalue weighted by Crippen LogP contribution is -2.36. The van der Waals surface area contributed by atoms with Crippen molar-refractivity contribution in [3.05, 3.63) is 0 Å². The van der Waals surface area contributed by atoms with Gasteiger partial charge in [0.2, 0.25) is 0 Å². The third-order valence-corrected chi connectivity index (χ3v) is 2.29. The summed E-state index contributed by atoms with van der Waals surface area (Å²) in [5.74, 6) is 3.17. The Balaban J connectivity index is 3.57. The molecule has 0 fully saturated rings. The Morgan fingerprint density at radius 2 is 1.94 bits per heavy atom. The quantitative estimate of drug-likeness (QED) is 0.616. The van der Waals surface area contributed by atoms with Crippen LogP contribution < -0.4 is 5.32 Å². The summed E-state index contributed by atoms with van der Waals surface area (Å²) < 4.78 is 5.54. The monoisotopic (exact) mass is 227 g/mol. The highest BCUT2D eigenvalue weighted by Gasteiger charge is 2.10. The zero-order valence-electron chi connectivity index (χ0n) is 10.9. The molecule has 0 saturated heterocycles. The van der Waals surface area contributed by atoms with E-state index < -0.39 is 6.10 Å². The van der Waals surface area contributed by atoms with Crippen LogP contribution in [0, 0.1) is 18.3 Å². The fourth-order valence-corrected chi connectivity index (χ4v) is 1.44. The van der Waals surface area contributed by atoms with E-state index in [4.69, 9.17) is 11.2 Å². The summed E-state index contributed by atoms with van der Waals surface area (Å²) in [6.07, 6.45) is 5.92. The van der Waals surface area contributed by atoms with Crippen LogP contribution in [0.2, 0.25) is 0 Å². The molecule has 0 spiro atoms. The van der Waals surface area contributed by atoms with Crippen LogP contribution in [0.5, 0.6) is 0 Å². The van der Waals surface area contributed by atoms with E-state index in [2.05, 4.69) is 25.1 Å². The Kier molecular flexibility index (Phi) is 8.28. The third-order valence-electron chi connectivity index (χ3n) is 2.29. The van der Waals surface area contributed by atoms with Crippen molar-refractivity contribution in [1.29, 1.82) is 0 Å². The molecule has 0 aromatic rings. The molecule has 0 bridgehead atoms. The van der Waals surface area contributed by atoms with Gasteiger partial charge in [-0.05, 0) is 26.2 Å². The van der Waals surface area contributed by atoms with Crippen LogP contribution in [-0.4, -0.2) is 36.5 Å². The first-order chi connectivity index (χ1) is 7.45. The number of ether oxygens (including phenoxy) is 1. The van der Waals surface area contributed by atoms with Crippen LogP contribution in [0.1, 0.15) is 34.1 Å². The molecule has 3 heteroatoms. The van der Waals surface area contributed by atoms with Crippen molar-refractivity contribution in [1.82, 2.24) is 5.32 Å². The predicted molar refractivity (Wildman–Crippen MR) is 67.2 cm³/mol. The van der Waals surface area contributed by atoms with Gasteiger partial charge in [-0.25, -0.2) is 0 Å². The van der Waals surface area contributed by atoms with E-state index in [1.54, 1.807) is 0 Å². The largest absolute Gasteiger partial charge is 0.389 e. The minimum absolute atomic E-state index is 0.0114. The second-order valence-corrected chi connectivity index (χ2v) is 4.72. The van der Waals surface area contributed by atoms with Crippen molar-refractivity contribution in [2.24, 2.45) is 5.92 Å². The van der Waals surface area contributed by atoms with Gasteiger partial charge in [0.15, 0.2) is 0 Å². The molecule has 3 unspecified atom stereocenters. The highest BCUT2D eigenvalue weighted by molar-refractivity contribution is 4.95. The van der Waals surface area contributed by atoms with Gasteiger partial charge in [-0.1, -0.05) is 19.8 Å². The summed E-state index contributed by atoms with van der Waals surface area (Å²) in [6.45, 7) is 9.07. The topological polar surface area (TPSA) is 41.5 Å². The molecule has 0 saturated carbocycles. The number of aliphatic hydroxyl groups is 1. The van der Waals surface area contributed by atoms with Gasteiger partial charge in [0.25, 0.3) is 0 Å². The SMILES string of the molecule is C#CC(C)NCC(O)COC(C)CC(C)C. The second-order valence-electron chi connectivity index (χ2n) is 4.72. The molecular weight excluding hydrogens is 202 g/mol. The van der Waals surface area contributed by atoms with E-state index in [0.717, 1.165) is 6.42 Å². The van der Waals surface area contributed by atoms with E-state index in [0.29, 0.717) is 19.1 Å². The molecular formula is C13H25NO2. The third kappa shape index (κ3) is 8.72. The Morgan fingerprint density at radius 3 is 2.44 bits per heavy atom. The minimum atomic E-state index is -0.495. The molecule has 3 atom stereocenters. The summed E-state index contributed by atoms with van der Waals surface area (Å²) in [4.78, 5) is 0. The van der Waals surface area contributed by atoms with Crippen molar-refractivity contribution >= 4 is 0 Å². The summed E-state index contributed by atoms with van der Waals surface area (Å²) >= 11 is 0. The maximum Gasteiger partial charge on any atom is 0.0898 e. The van der Waals surface area contributed by atoms with Crippen molar-refractivity contribution in [2.75, 3.05) is 13.2 Å². The number of hydrogen-bond donors (Lipinski definition) is 2. The molecule has 0 aliphatic heterocycles. The maximum absolute atomic E-state index is 9.62. The number of terminal acetylenes is 1. The Hall–Kier alpha value is -0.560. The molecule has 3 nitrogen and oxygen atoms in total. The average molecular weight is 227 g/mol.